The van der Waals surface area contributed by atoms with E-state index in [1.165, 1.54) is 30.7 Å². The van der Waals surface area contributed by atoms with Gasteiger partial charge in [-0.05, 0) is 53.9 Å². The molecule has 0 aliphatic rings. The third-order valence-corrected chi connectivity index (χ3v) is 5.93. The lowest BCUT2D eigenvalue weighted by Crippen LogP contribution is -2.26. The summed E-state index contributed by atoms with van der Waals surface area (Å²) < 4.78 is 33.1. The standard InChI is InChI=1S/C22H24FN3O3S/c1-30(28,29)19-8-4-16(5-9-19)20(15-2-6-18(23)7-3-15)11-13-26-22(27)17-10-12-25-21(24)14-17/h2-10,12,14,20,28-29H,11,13H2,1H3,(H2,24,25)(H,26,27). The van der Waals surface area contributed by atoms with E-state index in [2.05, 4.69) is 10.3 Å². The molecule has 1 amide bonds. The molecule has 0 radical (unpaired) electrons. The second kappa shape index (κ2) is 9.25. The molecule has 0 aliphatic heterocycles. The molecule has 1 unspecified atom stereocenters. The highest BCUT2D eigenvalue weighted by Crippen LogP contribution is 2.44. The Morgan fingerprint density at radius 1 is 1.10 bits per heavy atom. The number of anilines is 1. The van der Waals surface area contributed by atoms with Crippen molar-refractivity contribution in [3.63, 3.8) is 0 Å². The summed E-state index contributed by atoms with van der Waals surface area (Å²) in [4.78, 5) is 16.7. The fraction of sp³-hybridized carbons (Fsp3) is 0.182. The minimum atomic E-state index is -2.80. The van der Waals surface area contributed by atoms with Gasteiger partial charge in [0.05, 0.1) is 4.90 Å². The first-order valence-corrected chi connectivity index (χ1v) is 11.3. The van der Waals surface area contributed by atoms with Crippen LogP contribution in [0.4, 0.5) is 10.2 Å². The van der Waals surface area contributed by atoms with Gasteiger partial charge >= 0.3 is 0 Å². The largest absolute Gasteiger partial charge is 0.384 e. The zero-order valence-corrected chi connectivity index (χ0v) is 17.3. The average Bonchev–Trinajstić information content (AvgIpc) is 2.71. The fourth-order valence-electron chi connectivity index (χ4n) is 3.20. The third kappa shape index (κ3) is 5.56. The second-order valence-electron chi connectivity index (χ2n) is 7.02. The predicted octanol–water partition coefficient (Wildman–Crippen LogP) is 4.49. The molecule has 0 spiro atoms. The van der Waals surface area contributed by atoms with Gasteiger partial charge in [0.25, 0.3) is 5.91 Å². The molecule has 3 aromatic rings. The van der Waals surface area contributed by atoms with Gasteiger partial charge in [-0.25, -0.2) is 9.37 Å². The first-order valence-electron chi connectivity index (χ1n) is 9.32. The van der Waals surface area contributed by atoms with Crippen molar-refractivity contribution in [1.29, 1.82) is 0 Å². The molecule has 6 nitrogen and oxygen atoms in total. The molecule has 5 N–H and O–H groups in total. The van der Waals surface area contributed by atoms with Crippen molar-refractivity contribution in [2.75, 3.05) is 18.5 Å². The van der Waals surface area contributed by atoms with Crippen LogP contribution in [0.2, 0.25) is 0 Å². The summed E-state index contributed by atoms with van der Waals surface area (Å²) in [5.74, 6) is -0.413. The number of hydrogen-bond donors (Lipinski definition) is 4. The zero-order valence-electron chi connectivity index (χ0n) is 16.5. The van der Waals surface area contributed by atoms with E-state index in [1.54, 1.807) is 30.3 Å². The molecule has 1 atom stereocenters. The van der Waals surface area contributed by atoms with Gasteiger partial charge in [0.15, 0.2) is 0 Å². The molecule has 0 fully saturated rings. The van der Waals surface area contributed by atoms with E-state index < -0.39 is 10.6 Å². The molecule has 0 saturated heterocycles. The van der Waals surface area contributed by atoms with Crippen LogP contribution in [0.3, 0.4) is 0 Å². The molecule has 0 bridgehead atoms. The number of amides is 1. The number of aromatic nitrogens is 1. The molecule has 30 heavy (non-hydrogen) atoms. The quantitative estimate of drug-likeness (QED) is 0.442. The van der Waals surface area contributed by atoms with Crippen molar-refractivity contribution in [2.24, 2.45) is 0 Å². The Bertz CT molecular complexity index is 1010. The van der Waals surface area contributed by atoms with Gasteiger partial charge in [-0.3, -0.25) is 13.9 Å². The van der Waals surface area contributed by atoms with Crippen molar-refractivity contribution in [2.45, 2.75) is 17.2 Å². The number of pyridine rings is 1. The smallest absolute Gasteiger partial charge is 0.251 e. The van der Waals surface area contributed by atoms with E-state index in [4.69, 9.17) is 5.73 Å². The fourth-order valence-corrected chi connectivity index (χ4v) is 3.85. The molecule has 3 rings (SSSR count). The van der Waals surface area contributed by atoms with Crippen molar-refractivity contribution >= 4 is 22.3 Å². The molecule has 0 saturated carbocycles. The summed E-state index contributed by atoms with van der Waals surface area (Å²) in [5.41, 5.74) is 7.88. The maximum Gasteiger partial charge on any atom is 0.251 e. The van der Waals surface area contributed by atoms with Crippen LogP contribution in [-0.2, 0) is 0 Å². The lowest BCUT2D eigenvalue weighted by Gasteiger charge is -2.27. The number of carbonyl (C=O) groups is 1. The summed E-state index contributed by atoms with van der Waals surface area (Å²) in [7, 11) is -2.80. The molecular formula is C22H24FN3O3S. The molecule has 8 heteroatoms. The number of halogens is 1. The van der Waals surface area contributed by atoms with Gasteiger partial charge in [0.2, 0.25) is 0 Å². The Labute approximate surface area is 176 Å². The Morgan fingerprint density at radius 2 is 1.70 bits per heavy atom. The molecule has 0 aliphatic carbocycles. The van der Waals surface area contributed by atoms with Gasteiger partial charge in [0.1, 0.15) is 11.6 Å². The molecule has 1 aromatic heterocycles. The highest BCUT2D eigenvalue weighted by Gasteiger charge is 2.17. The second-order valence-corrected chi connectivity index (χ2v) is 9.16. The van der Waals surface area contributed by atoms with E-state index in [9.17, 15) is 18.3 Å². The summed E-state index contributed by atoms with van der Waals surface area (Å²) in [5, 5.41) is 2.87. The van der Waals surface area contributed by atoms with E-state index >= 15 is 0 Å². The Balaban J connectivity index is 1.76. The van der Waals surface area contributed by atoms with Gasteiger partial charge in [-0.2, -0.15) is 10.6 Å². The average molecular weight is 430 g/mol. The summed E-state index contributed by atoms with van der Waals surface area (Å²) >= 11 is 0. The number of carbonyl (C=O) groups excluding carboxylic acids is 1. The SMILES string of the molecule is CS(O)(O)c1ccc(C(CCNC(=O)c2ccnc(N)c2)c2ccc(F)cc2)cc1. The third-order valence-electron chi connectivity index (χ3n) is 4.76. The van der Waals surface area contributed by atoms with Gasteiger partial charge < -0.3 is 11.1 Å². The number of benzene rings is 2. The summed E-state index contributed by atoms with van der Waals surface area (Å²) in [6, 6.07) is 16.3. The monoisotopic (exact) mass is 429 g/mol. The van der Waals surface area contributed by atoms with Gasteiger partial charge in [-0.1, -0.05) is 24.3 Å². The van der Waals surface area contributed by atoms with Crippen LogP contribution in [-0.4, -0.2) is 32.8 Å². The molecule has 1 heterocycles. The van der Waals surface area contributed by atoms with Crippen LogP contribution in [0, 0.1) is 5.82 Å². The Kier molecular flexibility index (Phi) is 6.71. The Morgan fingerprint density at radius 3 is 2.27 bits per heavy atom. The van der Waals surface area contributed by atoms with E-state index in [-0.39, 0.29) is 23.5 Å². The van der Waals surface area contributed by atoms with Crippen LogP contribution in [0.1, 0.15) is 33.8 Å². The van der Waals surface area contributed by atoms with Gasteiger partial charge in [0, 0.05) is 30.5 Å². The van der Waals surface area contributed by atoms with Crippen molar-refractivity contribution in [3.8, 4) is 0 Å². The maximum atomic E-state index is 13.4. The van der Waals surface area contributed by atoms with Crippen LogP contribution in [0.5, 0.6) is 0 Å². The van der Waals surface area contributed by atoms with Crippen molar-refractivity contribution in [1.82, 2.24) is 10.3 Å². The van der Waals surface area contributed by atoms with Crippen LogP contribution < -0.4 is 11.1 Å². The lowest BCUT2D eigenvalue weighted by molar-refractivity contribution is 0.0952. The number of nitrogens with two attached hydrogens (primary N) is 1. The first kappa shape index (κ1) is 21.8. The van der Waals surface area contributed by atoms with Crippen LogP contribution in [0.15, 0.2) is 71.8 Å². The topological polar surface area (TPSA) is 108 Å². The number of nitrogens with zero attached hydrogens (tertiary/aromatic N) is 1. The number of hydrogen-bond acceptors (Lipinski definition) is 5. The normalized spacial score (nSPS) is 12.9. The maximum absolute atomic E-state index is 13.4. The minimum absolute atomic E-state index is 0.110. The minimum Gasteiger partial charge on any atom is -0.384 e. The molecular weight excluding hydrogens is 405 g/mol. The number of nitrogens with one attached hydrogen (secondary N) is 1. The van der Waals surface area contributed by atoms with Crippen LogP contribution in [0.25, 0.3) is 0 Å². The van der Waals surface area contributed by atoms with Crippen LogP contribution >= 0.6 is 10.6 Å². The summed E-state index contributed by atoms with van der Waals surface area (Å²) in [6.45, 7) is 0.383. The van der Waals surface area contributed by atoms with Crippen molar-refractivity contribution in [3.05, 3.63) is 89.4 Å². The van der Waals surface area contributed by atoms with Crippen molar-refractivity contribution < 1.29 is 18.3 Å². The van der Waals surface area contributed by atoms with E-state index in [1.807, 2.05) is 12.1 Å². The Hall–Kier alpha value is -2.94. The van der Waals surface area contributed by atoms with Gasteiger partial charge in [-0.15, -0.1) is 0 Å². The predicted molar refractivity (Wildman–Crippen MR) is 117 cm³/mol. The summed E-state index contributed by atoms with van der Waals surface area (Å²) in [6.07, 6.45) is 3.42. The highest BCUT2D eigenvalue weighted by molar-refractivity contribution is 8.23. The highest BCUT2D eigenvalue weighted by atomic mass is 32.3. The van der Waals surface area contributed by atoms with E-state index in [0.29, 0.717) is 23.4 Å². The number of rotatable bonds is 7. The first-order chi connectivity index (χ1) is 14.2. The number of nitrogen functional groups attached to an aromatic ring is 1. The molecule has 2 aromatic carbocycles. The molecule has 158 valence electrons. The van der Waals surface area contributed by atoms with E-state index in [0.717, 1.165) is 11.1 Å². The zero-order chi connectivity index (χ0) is 21.7. The lowest BCUT2D eigenvalue weighted by atomic mass is 9.88.